The number of hydrogen-bond donors (Lipinski definition) is 0. The molecule has 0 fully saturated rings. The quantitative estimate of drug-likeness (QED) is 0.475. The molecular weight excluding hydrogens is 252 g/mol. The van der Waals surface area contributed by atoms with Crippen LogP contribution in [0, 0.1) is 0 Å². The molecular formula is C9H10O3S3. The lowest BCUT2D eigenvalue weighted by atomic mass is 10.5. The Morgan fingerprint density at radius 2 is 2.40 bits per heavy atom. The average molecular weight is 262 g/mol. The molecule has 1 heterocycles. The number of carbonyl (C=O) groups is 1. The van der Waals surface area contributed by atoms with Crippen molar-refractivity contribution in [1.29, 1.82) is 0 Å². The molecule has 0 aromatic carbocycles. The summed E-state index contributed by atoms with van der Waals surface area (Å²) >= 11 is 7.57. The molecule has 0 aliphatic heterocycles. The molecule has 0 bridgehead atoms. The van der Waals surface area contributed by atoms with Crippen LogP contribution < -0.4 is 0 Å². The standard InChI is InChI=1S/C9H10O3S3/c1-3-12-9(13)15-6-4-5-14-7(6)8(10)11-2/h4-5H,3H2,1-2H3. The maximum absolute atomic E-state index is 11.3. The fourth-order valence-electron chi connectivity index (χ4n) is 0.856. The first kappa shape index (κ1) is 12.5. The van der Waals surface area contributed by atoms with E-state index in [9.17, 15) is 4.79 Å². The number of thioether (sulfide) groups is 1. The van der Waals surface area contributed by atoms with Crippen molar-refractivity contribution in [3.05, 3.63) is 16.3 Å². The van der Waals surface area contributed by atoms with E-state index in [2.05, 4.69) is 4.74 Å². The van der Waals surface area contributed by atoms with E-state index in [-0.39, 0.29) is 5.97 Å². The van der Waals surface area contributed by atoms with Gasteiger partial charge in [-0.1, -0.05) is 0 Å². The number of esters is 1. The zero-order valence-corrected chi connectivity index (χ0v) is 10.8. The Kier molecular flexibility index (Phi) is 5.07. The van der Waals surface area contributed by atoms with E-state index < -0.39 is 0 Å². The van der Waals surface area contributed by atoms with Gasteiger partial charge in [0.2, 0.25) is 4.38 Å². The molecule has 1 aromatic rings. The van der Waals surface area contributed by atoms with E-state index in [1.54, 1.807) is 0 Å². The predicted molar refractivity (Wildman–Crippen MR) is 65.7 cm³/mol. The molecule has 0 aliphatic carbocycles. The highest BCUT2D eigenvalue weighted by atomic mass is 32.2. The largest absolute Gasteiger partial charge is 0.479 e. The van der Waals surface area contributed by atoms with Gasteiger partial charge < -0.3 is 9.47 Å². The van der Waals surface area contributed by atoms with E-state index in [0.717, 1.165) is 4.90 Å². The number of methoxy groups -OCH3 is 1. The molecule has 0 saturated carbocycles. The van der Waals surface area contributed by atoms with Crippen molar-refractivity contribution in [1.82, 2.24) is 0 Å². The lowest BCUT2D eigenvalue weighted by Gasteiger charge is -2.03. The summed E-state index contributed by atoms with van der Waals surface area (Å²) in [4.78, 5) is 12.7. The second-order valence-corrected chi connectivity index (χ2v) is 4.95. The zero-order chi connectivity index (χ0) is 11.3. The predicted octanol–water partition coefficient (Wildman–Crippen LogP) is 2.95. The SMILES string of the molecule is CCOC(=S)Sc1ccsc1C(=O)OC. The Balaban J connectivity index is 2.73. The molecule has 6 heteroatoms. The van der Waals surface area contributed by atoms with Gasteiger partial charge in [-0.2, -0.15) is 0 Å². The second kappa shape index (κ2) is 6.09. The first-order chi connectivity index (χ1) is 7.19. The van der Waals surface area contributed by atoms with Crippen LogP contribution >= 0.6 is 35.3 Å². The Labute approximate surface area is 102 Å². The summed E-state index contributed by atoms with van der Waals surface area (Å²) in [6.07, 6.45) is 0. The van der Waals surface area contributed by atoms with Crippen LogP contribution in [0.15, 0.2) is 16.3 Å². The zero-order valence-electron chi connectivity index (χ0n) is 8.31. The summed E-state index contributed by atoms with van der Waals surface area (Å²) < 4.78 is 10.2. The normalized spacial score (nSPS) is 9.73. The molecule has 0 radical (unpaired) electrons. The number of thiophene rings is 1. The van der Waals surface area contributed by atoms with Crippen molar-refractivity contribution >= 4 is 45.7 Å². The van der Waals surface area contributed by atoms with Crippen molar-refractivity contribution in [3.63, 3.8) is 0 Å². The van der Waals surface area contributed by atoms with Gasteiger partial charge in [-0.25, -0.2) is 4.79 Å². The van der Waals surface area contributed by atoms with Crippen molar-refractivity contribution in [2.24, 2.45) is 0 Å². The van der Waals surface area contributed by atoms with E-state index in [1.165, 1.54) is 30.2 Å². The van der Waals surface area contributed by atoms with Crippen LogP contribution in [0.5, 0.6) is 0 Å². The molecule has 0 aliphatic rings. The molecule has 0 spiro atoms. The van der Waals surface area contributed by atoms with Gasteiger partial charge in [-0.15, -0.1) is 11.3 Å². The third-order valence-electron chi connectivity index (χ3n) is 1.46. The molecule has 0 N–H and O–H groups in total. The third kappa shape index (κ3) is 3.48. The summed E-state index contributed by atoms with van der Waals surface area (Å²) in [6.45, 7) is 2.39. The lowest BCUT2D eigenvalue weighted by molar-refractivity contribution is 0.0603. The first-order valence-electron chi connectivity index (χ1n) is 4.19. The highest BCUT2D eigenvalue weighted by Gasteiger charge is 2.15. The topological polar surface area (TPSA) is 35.5 Å². The Morgan fingerprint density at radius 3 is 3.00 bits per heavy atom. The fourth-order valence-corrected chi connectivity index (χ4v) is 2.97. The van der Waals surface area contributed by atoms with Crippen LogP contribution in [-0.4, -0.2) is 24.1 Å². The molecule has 0 amide bonds. The minimum Gasteiger partial charge on any atom is -0.479 e. The summed E-state index contributed by atoms with van der Waals surface area (Å²) in [5, 5.41) is 1.82. The van der Waals surface area contributed by atoms with E-state index in [0.29, 0.717) is 15.9 Å². The van der Waals surface area contributed by atoms with Crippen LogP contribution in [0.3, 0.4) is 0 Å². The van der Waals surface area contributed by atoms with Crippen LogP contribution in [0.4, 0.5) is 0 Å². The Morgan fingerprint density at radius 1 is 1.67 bits per heavy atom. The summed E-state index contributed by atoms with van der Waals surface area (Å²) in [5.41, 5.74) is 0. The van der Waals surface area contributed by atoms with Crippen LogP contribution in [0.25, 0.3) is 0 Å². The van der Waals surface area contributed by atoms with Gasteiger partial charge in [-0.3, -0.25) is 0 Å². The smallest absolute Gasteiger partial charge is 0.349 e. The Hall–Kier alpha value is -0.590. The molecule has 1 aromatic heterocycles. The second-order valence-electron chi connectivity index (χ2n) is 2.39. The molecule has 1 rings (SSSR count). The number of carbonyl (C=O) groups excluding carboxylic acids is 1. The van der Waals surface area contributed by atoms with Gasteiger partial charge in [0.15, 0.2) is 0 Å². The van der Waals surface area contributed by atoms with Crippen LogP contribution in [-0.2, 0) is 9.47 Å². The average Bonchev–Trinajstić information content (AvgIpc) is 2.65. The van der Waals surface area contributed by atoms with Gasteiger partial charge in [0, 0.05) is 4.90 Å². The Bertz CT molecular complexity index is 359. The van der Waals surface area contributed by atoms with Gasteiger partial charge in [-0.05, 0) is 42.3 Å². The minimum absolute atomic E-state index is 0.341. The van der Waals surface area contributed by atoms with Crippen molar-refractivity contribution in [3.8, 4) is 0 Å². The summed E-state index contributed by atoms with van der Waals surface area (Å²) in [6, 6.07) is 1.83. The molecule has 15 heavy (non-hydrogen) atoms. The summed E-state index contributed by atoms with van der Waals surface area (Å²) in [5.74, 6) is -0.341. The van der Waals surface area contributed by atoms with Crippen molar-refractivity contribution < 1.29 is 14.3 Å². The van der Waals surface area contributed by atoms with Crippen molar-refractivity contribution in [2.75, 3.05) is 13.7 Å². The van der Waals surface area contributed by atoms with E-state index >= 15 is 0 Å². The number of ether oxygens (including phenoxy) is 2. The van der Waals surface area contributed by atoms with Gasteiger partial charge in [0.05, 0.1) is 13.7 Å². The molecule has 82 valence electrons. The number of thiocarbonyl (C=S) groups is 1. The maximum Gasteiger partial charge on any atom is 0.349 e. The first-order valence-corrected chi connectivity index (χ1v) is 6.30. The van der Waals surface area contributed by atoms with E-state index in [4.69, 9.17) is 17.0 Å². The van der Waals surface area contributed by atoms with Gasteiger partial charge >= 0.3 is 5.97 Å². The van der Waals surface area contributed by atoms with Crippen LogP contribution in [0.1, 0.15) is 16.6 Å². The van der Waals surface area contributed by atoms with Gasteiger partial charge in [0.25, 0.3) is 0 Å². The third-order valence-corrected chi connectivity index (χ3v) is 3.69. The highest BCUT2D eigenvalue weighted by molar-refractivity contribution is 8.22. The maximum atomic E-state index is 11.3. The summed E-state index contributed by atoms with van der Waals surface area (Å²) in [7, 11) is 1.36. The number of rotatable bonds is 3. The molecule has 3 nitrogen and oxygen atoms in total. The number of hydrogen-bond acceptors (Lipinski definition) is 6. The highest BCUT2D eigenvalue weighted by Crippen LogP contribution is 2.29. The fraction of sp³-hybridized carbons (Fsp3) is 0.333. The van der Waals surface area contributed by atoms with Gasteiger partial charge in [0.1, 0.15) is 4.88 Å². The van der Waals surface area contributed by atoms with E-state index in [1.807, 2.05) is 18.4 Å². The molecule has 0 saturated heterocycles. The monoisotopic (exact) mass is 262 g/mol. The molecule has 0 unspecified atom stereocenters. The molecule has 0 atom stereocenters. The van der Waals surface area contributed by atoms with Crippen LogP contribution in [0.2, 0.25) is 0 Å². The minimum atomic E-state index is -0.341. The lowest BCUT2D eigenvalue weighted by Crippen LogP contribution is -2.01. The van der Waals surface area contributed by atoms with Crippen molar-refractivity contribution in [2.45, 2.75) is 11.8 Å².